The number of piperidine rings is 2. The van der Waals surface area contributed by atoms with Gasteiger partial charge in [-0.1, -0.05) is 26.0 Å². The maximum atomic E-state index is 14.0. The zero-order chi connectivity index (χ0) is 35.2. The Morgan fingerprint density at radius 3 is 2.45 bits per heavy atom. The van der Waals surface area contributed by atoms with E-state index in [9.17, 15) is 24.0 Å². The molecular weight excluding hydrogens is 646 g/mol. The molecule has 51 heavy (non-hydrogen) atoms. The Labute approximate surface area is 294 Å². The lowest BCUT2D eigenvalue weighted by molar-refractivity contribution is -0.136. The van der Waals surface area contributed by atoms with Crippen molar-refractivity contribution in [3.05, 3.63) is 70.4 Å². The number of nitrogens with one attached hydrogen (secondary N) is 3. The normalized spacial score (nSPS) is 23.0. The molecule has 0 bridgehead atoms. The van der Waals surface area contributed by atoms with Crippen LogP contribution in [0.15, 0.2) is 42.5 Å². The predicted molar refractivity (Wildman–Crippen MR) is 189 cm³/mol. The molecule has 1 spiro atoms. The summed E-state index contributed by atoms with van der Waals surface area (Å²) in [6.45, 7) is 7.38. The number of nitrogens with zero attached hydrogens (tertiary/aromatic N) is 4. The molecule has 6 heterocycles. The molecule has 2 aromatic heterocycles. The van der Waals surface area contributed by atoms with E-state index < -0.39 is 35.1 Å². The number of aromatic nitrogens is 3. The number of amides is 5. The van der Waals surface area contributed by atoms with Crippen molar-refractivity contribution in [1.82, 2.24) is 30.3 Å². The minimum Gasteiger partial charge on any atom is -0.353 e. The average molecular weight is 688 g/mol. The van der Waals surface area contributed by atoms with Gasteiger partial charge in [0.15, 0.2) is 0 Å². The molecule has 5 amide bonds. The van der Waals surface area contributed by atoms with E-state index in [0.29, 0.717) is 13.1 Å². The molecule has 2 aromatic carbocycles. The molecule has 4 aromatic rings. The fourth-order valence-corrected chi connectivity index (χ4v) is 9.03. The lowest BCUT2D eigenvalue weighted by Crippen LogP contribution is -2.54. The van der Waals surface area contributed by atoms with E-state index >= 15 is 0 Å². The molecule has 3 N–H and O–H groups in total. The molecule has 262 valence electrons. The Bertz CT molecular complexity index is 2170. The number of likely N-dealkylation sites (tertiary alicyclic amines) is 1. The minimum absolute atomic E-state index is 0.0848. The van der Waals surface area contributed by atoms with Crippen molar-refractivity contribution < 1.29 is 24.0 Å². The molecule has 0 radical (unpaired) electrons. The number of benzene rings is 2. The van der Waals surface area contributed by atoms with Gasteiger partial charge in [-0.05, 0) is 99.3 Å². The van der Waals surface area contributed by atoms with Crippen molar-refractivity contribution in [2.75, 3.05) is 24.5 Å². The number of imide groups is 2. The lowest BCUT2D eigenvalue weighted by atomic mass is 9.76. The highest BCUT2D eigenvalue weighted by Crippen LogP contribution is 2.44. The molecule has 1 unspecified atom stereocenters. The Kier molecular flexibility index (Phi) is 7.16. The van der Waals surface area contributed by atoms with Gasteiger partial charge in [-0.2, -0.15) is 5.10 Å². The smallest absolute Gasteiger partial charge is 0.262 e. The van der Waals surface area contributed by atoms with Gasteiger partial charge in [0.1, 0.15) is 11.7 Å². The molecule has 3 saturated heterocycles. The van der Waals surface area contributed by atoms with Crippen LogP contribution < -0.4 is 10.2 Å². The molecule has 12 heteroatoms. The molecule has 4 aliphatic heterocycles. The summed E-state index contributed by atoms with van der Waals surface area (Å²) in [4.78, 5) is 73.3. The van der Waals surface area contributed by atoms with Crippen LogP contribution in [-0.2, 0) is 33.8 Å². The molecule has 3 fully saturated rings. The molecular formula is C39H41N7O5. The van der Waals surface area contributed by atoms with Crippen molar-refractivity contribution in [3.63, 3.8) is 0 Å². The van der Waals surface area contributed by atoms with Crippen LogP contribution >= 0.6 is 0 Å². The first kappa shape index (κ1) is 31.9. The van der Waals surface area contributed by atoms with E-state index in [4.69, 9.17) is 5.10 Å². The van der Waals surface area contributed by atoms with Crippen LogP contribution in [0.5, 0.6) is 0 Å². The quantitative estimate of drug-likeness (QED) is 0.262. The molecule has 1 atom stereocenters. The van der Waals surface area contributed by atoms with E-state index in [1.807, 2.05) is 11.0 Å². The summed E-state index contributed by atoms with van der Waals surface area (Å²) in [6.07, 6.45) is 5.68. The first-order valence-electron chi connectivity index (χ1n) is 18.1. The maximum Gasteiger partial charge on any atom is 0.262 e. The Morgan fingerprint density at radius 1 is 0.863 bits per heavy atom. The Balaban J connectivity index is 0.856. The highest BCUT2D eigenvalue weighted by molar-refractivity contribution is 6.23. The Hall–Kier alpha value is -5.10. The van der Waals surface area contributed by atoms with Gasteiger partial charge in [0.2, 0.25) is 17.7 Å². The number of anilines is 1. The van der Waals surface area contributed by atoms with Gasteiger partial charge in [-0.15, -0.1) is 0 Å². The van der Waals surface area contributed by atoms with Gasteiger partial charge < -0.3 is 9.88 Å². The summed E-state index contributed by atoms with van der Waals surface area (Å²) in [5.41, 5.74) is 7.79. The fraction of sp³-hybridized carbons (Fsp3) is 0.436. The summed E-state index contributed by atoms with van der Waals surface area (Å²) in [5.74, 6) is -1.83. The van der Waals surface area contributed by atoms with E-state index in [1.165, 1.54) is 11.3 Å². The number of H-pyrrole nitrogens is 2. The van der Waals surface area contributed by atoms with E-state index in [-0.39, 0.29) is 35.3 Å². The summed E-state index contributed by atoms with van der Waals surface area (Å²) in [7, 11) is 0. The van der Waals surface area contributed by atoms with Crippen molar-refractivity contribution in [3.8, 4) is 11.4 Å². The molecule has 0 saturated carbocycles. The van der Waals surface area contributed by atoms with Crippen molar-refractivity contribution in [1.29, 1.82) is 0 Å². The fourth-order valence-electron chi connectivity index (χ4n) is 9.03. The third-order valence-corrected chi connectivity index (χ3v) is 12.1. The standard InChI is InChI=1S/C39H41N7O5/c1-38(2)10-9-26-30(20-38)42-43-33(26)29-18-23-4-5-24(19-28(23)40-29)45-16-13-39(37(45)51)11-14-44(15-12-39)21-22-3-6-25-27(17-22)36(50)46(35(25)49)31-7-8-32(47)41-34(31)48/h3-6,17-19,31,40H,7-16,20-21H2,1-2H3,(H,42,43)(H,41,47,48). The van der Waals surface area contributed by atoms with Gasteiger partial charge in [-0.25, -0.2) is 0 Å². The van der Waals surface area contributed by atoms with Crippen LogP contribution in [0, 0.1) is 10.8 Å². The minimum atomic E-state index is -0.984. The Morgan fingerprint density at radius 2 is 1.65 bits per heavy atom. The summed E-state index contributed by atoms with van der Waals surface area (Å²) in [5, 5.41) is 11.3. The molecule has 9 rings (SSSR count). The summed E-state index contributed by atoms with van der Waals surface area (Å²) >= 11 is 0. The van der Waals surface area contributed by atoms with Gasteiger partial charge >= 0.3 is 0 Å². The highest BCUT2D eigenvalue weighted by atomic mass is 16.2. The number of hydrogen-bond acceptors (Lipinski definition) is 7. The van der Waals surface area contributed by atoms with Crippen LogP contribution in [0.1, 0.15) is 89.9 Å². The highest BCUT2D eigenvalue weighted by Gasteiger charge is 2.49. The summed E-state index contributed by atoms with van der Waals surface area (Å²) < 4.78 is 0. The zero-order valence-corrected chi connectivity index (χ0v) is 28.9. The monoisotopic (exact) mass is 687 g/mol. The van der Waals surface area contributed by atoms with Crippen LogP contribution in [0.4, 0.5) is 5.69 Å². The third-order valence-electron chi connectivity index (χ3n) is 12.1. The van der Waals surface area contributed by atoms with Crippen molar-refractivity contribution >= 4 is 46.1 Å². The van der Waals surface area contributed by atoms with E-state index in [1.54, 1.807) is 12.1 Å². The van der Waals surface area contributed by atoms with Crippen molar-refractivity contribution in [2.24, 2.45) is 10.8 Å². The average Bonchev–Trinajstić information content (AvgIpc) is 3.85. The second-order valence-electron chi connectivity index (χ2n) is 15.9. The number of carbonyl (C=O) groups is 5. The lowest BCUT2D eigenvalue weighted by Gasteiger charge is -2.38. The number of rotatable bonds is 5. The second-order valence-corrected chi connectivity index (χ2v) is 15.9. The van der Waals surface area contributed by atoms with Crippen LogP contribution in [0.25, 0.3) is 22.3 Å². The number of aromatic amines is 2. The van der Waals surface area contributed by atoms with E-state index in [2.05, 4.69) is 58.4 Å². The van der Waals surface area contributed by atoms with Crippen molar-refractivity contribution in [2.45, 2.75) is 77.8 Å². The van der Waals surface area contributed by atoms with Gasteiger partial charge in [0.25, 0.3) is 11.8 Å². The summed E-state index contributed by atoms with van der Waals surface area (Å²) in [6, 6.07) is 12.7. The third kappa shape index (κ3) is 5.21. The molecule has 12 nitrogen and oxygen atoms in total. The first-order valence-corrected chi connectivity index (χ1v) is 18.1. The molecule has 1 aliphatic carbocycles. The largest absolute Gasteiger partial charge is 0.353 e. The first-order chi connectivity index (χ1) is 24.5. The second kappa shape index (κ2) is 11.5. The SMILES string of the molecule is CC1(C)CCc2c(-c3cc4ccc(N5CCC6(CCN(Cc7ccc8c(c7)C(=O)N(C7CCC(=O)NC7=O)C8=O)CC6)C5=O)cc4[nH]3)n[nH]c2C1. The molecule has 5 aliphatic rings. The van der Waals surface area contributed by atoms with Gasteiger partial charge in [0, 0.05) is 47.4 Å². The van der Waals surface area contributed by atoms with Crippen LogP contribution in [-0.4, -0.2) is 80.2 Å². The van der Waals surface area contributed by atoms with E-state index in [0.717, 1.165) is 90.1 Å². The zero-order valence-electron chi connectivity index (χ0n) is 28.9. The predicted octanol–water partition coefficient (Wildman–Crippen LogP) is 4.49. The van der Waals surface area contributed by atoms with Gasteiger partial charge in [0.05, 0.1) is 22.2 Å². The number of hydrogen-bond donors (Lipinski definition) is 3. The number of carbonyl (C=O) groups excluding carboxylic acids is 5. The topological polar surface area (TPSA) is 152 Å². The van der Waals surface area contributed by atoms with Crippen LogP contribution in [0.2, 0.25) is 0 Å². The van der Waals surface area contributed by atoms with Crippen LogP contribution in [0.3, 0.4) is 0 Å². The number of fused-ring (bicyclic) bond motifs is 3. The van der Waals surface area contributed by atoms with Gasteiger partial charge in [-0.3, -0.25) is 44.2 Å². The maximum absolute atomic E-state index is 14.0.